The van der Waals surface area contributed by atoms with Crippen molar-refractivity contribution in [2.75, 3.05) is 33.3 Å². The highest BCUT2D eigenvalue weighted by molar-refractivity contribution is 5.81. The minimum atomic E-state index is -0.393. The van der Waals surface area contributed by atoms with Crippen molar-refractivity contribution in [2.45, 2.75) is 12.2 Å². The van der Waals surface area contributed by atoms with Crippen LogP contribution in [0, 0.1) is 0 Å². The smallest absolute Gasteiger partial charge is 0.194 e. The molecule has 0 aromatic carbocycles. The molecule has 2 heterocycles. The second kappa shape index (κ2) is 3.51. The highest BCUT2D eigenvalue weighted by atomic mass is 16.5. The molecule has 2 N–H and O–H groups in total. The number of aliphatic imine (C=N–C) groups is 1. The molecule has 1 fully saturated rings. The van der Waals surface area contributed by atoms with Gasteiger partial charge in [-0.1, -0.05) is 0 Å². The Hall–Kier alpha value is -0.810. The average molecular weight is 185 g/mol. The van der Waals surface area contributed by atoms with Gasteiger partial charge in [0.15, 0.2) is 5.96 Å². The van der Waals surface area contributed by atoms with Gasteiger partial charge in [-0.3, -0.25) is 4.99 Å². The summed E-state index contributed by atoms with van der Waals surface area (Å²) in [7, 11) is 1.63. The predicted octanol–water partition coefficient (Wildman–Crippen LogP) is -1.36. The topological polar surface area (TPSA) is 57.1 Å². The molecule has 5 nitrogen and oxygen atoms in total. The van der Waals surface area contributed by atoms with Crippen molar-refractivity contribution >= 4 is 5.96 Å². The lowest BCUT2D eigenvalue weighted by Gasteiger charge is -2.17. The van der Waals surface area contributed by atoms with Crippen LogP contribution in [0.4, 0.5) is 0 Å². The van der Waals surface area contributed by atoms with Crippen molar-refractivity contribution in [3.05, 3.63) is 0 Å². The highest BCUT2D eigenvalue weighted by Crippen LogP contribution is 2.13. The van der Waals surface area contributed by atoms with Crippen molar-refractivity contribution < 1.29 is 9.84 Å². The Labute approximate surface area is 77.4 Å². The number of β-amino-alcohol motifs (C(OH)–C–C–N with tert-alkyl or cyclic N) is 1. The van der Waals surface area contributed by atoms with E-state index in [2.05, 4.69) is 10.3 Å². The molecule has 0 amide bonds. The molecule has 5 heteroatoms. The van der Waals surface area contributed by atoms with Gasteiger partial charge in [0.25, 0.3) is 0 Å². The highest BCUT2D eigenvalue weighted by Gasteiger charge is 2.33. The summed E-state index contributed by atoms with van der Waals surface area (Å²) in [6, 6.07) is 0. The van der Waals surface area contributed by atoms with Gasteiger partial charge >= 0.3 is 0 Å². The molecule has 2 aliphatic rings. The van der Waals surface area contributed by atoms with Gasteiger partial charge in [0.2, 0.25) is 0 Å². The van der Waals surface area contributed by atoms with Gasteiger partial charge in [-0.05, 0) is 0 Å². The minimum absolute atomic E-state index is 0.0786. The van der Waals surface area contributed by atoms with Crippen LogP contribution in [-0.4, -0.2) is 61.5 Å². The molecule has 0 aliphatic carbocycles. The van der Waals surface area contributed by atoms with Crippen molar-refractivity contribution in [3.63, 3.8) is 0 Å². The van der Waals surface area contributed by atoms with Crippen molar-refractivity contribution in [1.29, 1.82) is 0 Å². The van der Waals surface area contributed by atoms with E-state index in [1.165, 1.54) is 0 Å². The van der Waals surface area contributed by atoms with Gasteiger partial charge < -0.3 is 20.1 Å². The molecule has 1 saturated heterocycles. The number of likely N-dealkylation sites (tertiary alicyclic amines) is 1. The third kappa shape index (κ3) is 1.62. The van der Waals surface area contributed by atoms with Gasteiger partial charge in [-0.2, -0.15) is 0 Å². The van der Waals surface area contributed by atoms with Crippen LogP contribution in [-0.2, 0) is 4.74 Å². The SMILES string of the molecule is CO[C@@H]1CN(C2=NCCN2)C[C@H]1O. The van der Waals surface area contributed by atoms with Crippen LogP contribution in [0.2, 0.25) is 0 Å². The van der Waals surface area contributed by atoms with Crippen LogP contribution < -0.4 is 5.32 Å². The molecule has 2 aliphatic heterocycles. The fraction of sp³-hybridized carbons (Fsp3) is 0.875. The first-order chi connectivity index (χ1) is 6.31. The third-order valence-electron chi connectivity index (χ3n) is 2.50. The van der Waals surface area contributed by atoms with Gasteiger partial charge in [0.1, 0.15) is 6.10 Å². The molecule has 0 radical (unpaired) electrons. The number of rotatable bonds is 1. The van der Waals surface area contributed by atoms with Gasteiger partial charge in [-0.25, -0.2) is 0 Å². The van der Waals surface area contributed by atoms with E-state index in [9.17, 15) is 5.11 Å². The predicted molar refractivity (Wildman–Crippen MR) is 48.7 cm³/mol. The molecule has 2 atom stereocenters. The lowest BCUT2D eigenvalue weighted by atomic mass is 10.3. The van der Waals surface area contributed by atoms with Crippen LogP contribution in [0.3, 0.4) is 0 Å². The number of aliphatic hydroxyl groups excluding tert-OH is 1. The number of guanidine groups is 1. The standard InChI is InChI=1S/C8H15N3O2/c1-13-7-5-11(4-6(7)12)8-9-2-3-10-8/h6-7,12H,2-5H2,1H3,(H,9,10)/t6-,7-/m1/s1. The first kappa shape index (κ1) is 8.77. The van der Waals surface area contributed by atoms with Crippen molar-refractivity contribution in [1.82, 2.24) is 10.2 Å². The summed E-state index contributed by atoms with van der Waals surface area (Å²) in [5.74, 6) is 0.901. The molecule has 0 bridgehead atoms. The van der Waals surface area contributed by atoms with Gasteiger partial charge in [0, 0.05) is 26.7 Å². The van der Waals surface area contributed by atoms with E-state index in [4.69, 9.17) is 4.74 Å². The maximum Gasteiger partial charge on any atom is 0.194 e. The number of methoxy groups -OCH3 is 1. The van der Waals surface area contributed by atoms with E-state index in [1.807, 2.05) is 4.90 Å². The monoisotopic (exact) mass is 185 g/mol. The summed E-state index contributed by atoms with van der Waals surface area (Å²) in [6.45, 7) is 3.08. The molecule has 0 aromatic heterocycles. The van der Waals surface area contributed by atoms with Crippen LogP contribution in [0.15, 0.2) is 4.99 Å². The second-order valence-corrected chi connectivity index (χ2v) is 3.38. The fourth-order valence-electron chi connectivity index (χ4n) is 1.76. The largest absolute Gasteiger partial charge is 0.388 e. The summed E-state index contributed by atoms with van der Waals surface area (Å²) >= 11 is 0. The lowest BCUT2D eigenvalue weighted by Crippen LogP contribution is -2.37. The zero-order chi connectivity index (χ0) is 9.26. The Morgan fingerprint density at radius 3 is 3.00 bits per heavy atom. The zero-order valence-electron chi connectivity index (χ0n) is 7.73. The third-order valence-corrected chi connectivity index (χ3v) is 2.50. The summed E-state index contributed by atoms with van der Waals surface area (Å²) in [5.41, 5.74) is 0. The number of ether oxygens (including phenoxy) is 1. The number of hydrogen-bond donors (Lipinski definition) is 2. The average Bonchev–Trinajstić information content (AvgIpc) is 2.71. The Morgan fingerprint density at radius 2 is 2.46 bits per heavy atom. The normalized spacial score (nSPS) is 33.4. The molecule has 74 valence electrons. The maximum atomic E-state index is 9.57. The van der Waals surface area contributed by atoms with E-state index < -0.39 is 6.10 Å². The van der Waals surface area contributed by atoms with E-state index >= 15 is 0 Å². The Balaban J connectivity index is 1.96. The molecule has 2 rings (SSSR count). The summed E-state index contributed by atoms with van der Waals surface area (Å²) in [6.07, 6.45) is -0.472. The Bertz CT molecular complexity index is 219. The van der Waals surface area contributed by atoms with Crippen molar-refractivity contribution in [3.8, 4) is 0 Å². The second-order valence-electron chi connectivity index (χ2n) is 3.38. The minimum Gasteiger partial charge on any atom is -0.388 e. The van der Waals surface area contributed by atoms with E-state index in [1.54, 1.807) is 7.11 Å². The summed E-state index contributed by atoms with van der Waals surface area (Å²) in [5, 5.41) is 12.7. The van der Waals surface area contributed by atoms with Gasteiger partial charge in [0.05, 0.1) is 12.6 Å². The van der Waals surface area contributed by atoms with Crippen LogP contribution in [0.1, 0.15) is 0 Å². The van der Waals surface area contributed by atoms with Crippen molar-refractivity contribution in [2.24, 2.45) is 4.99 Å². The first-order valence-electron chi connectivity index (χ1n) is 4.55. The van der Waals surface area contributed by atoms with E-state index in [0.717, 1.165) is 25.6 Å². The number of aliphatic hydroxyl groups is 1. The van der Waals surface area contributed by atoms with E-state index in [-0.39, 0.29) is 6.10 Å². The number of nitrogens with zero attached hydrogens (tertiary/aromatic N) is 2. The molecule has 0 spiro atoms. The first-order valence-corrected chi connectivity index (χ1v) is 4.55. The molecular formula is C8H15N3O2. The molecule has 0 unspecified atom stereocenters. The summed E-state index contributed by atoms with van der Waals surface area (Å²) in [4.78, 5) is 6.32. The lowest BCUT2D eigenvalue weighted by molar-refractivity contribution is 0.0216. The quantitative estimate of drug-likeness (QED) is 0.529. The maximum absolute atomic E-state index is 9.57. The van der Waals surface area contributed by atoms with Crippen LogP contribution in [0.5, 0.6) is 0 Å². The summed E-state index contributed by atoms with van der Waals surface area (Å²) < 4.78 is 5.14. The van der Waals surface area contributed by atoms with Crippen LogP contribution >= 0.6 is 0 Å². The number of hydrogen-bond acceptors (Lipinski definition) is 5. The molecule has 0 aromatic rings. The van der Waals surface area contributed by atoms with Crippen LogP contribution in [0.25, 0.3) is 0 Å². The molecular weight excluding hydrogens is 170 g/mol. The zero-order valence-corrected chi connectivity index (χ0v) is 7.73. The Morgan fingerprint density at radius 1 is 1.62 bits per heavy atom. The number of nitrogens with one attached hydrogen (secondary N) is 1. The molecule has 13 heavy (non-hydrogen) atoms. The van der Waals surface area contributed by atoms with Gasteiger partial charge in [-0.15, -0.1) is 0 Å². The molecule has 0 saturated carbocycles. The fourth-order valence-corrected chi connectivity index (χ4v) is 1.76. The Kier molecular flexibility index (Phi) is 2.37. The van der Waals surface area contributed by atoms with E-state index in [0.29, 0.717) is 6.54 Å².